The Morgan fingerprint density at radius 3 is 2.69 bits per heavy atom. The third-order valence-corrected chi connectivity index (χ3v) is 4.81. The Hall–Kier alpha value is -0.370. The Bertz CT molecular complexity index is 248. The summed E-state index contributed by atoms with van der Waals surface area (Å²) < 4.78 is 0. The molecule has 2 saturated carbocycles. The summed E-state index contributed by atoms with van der Waals surface area (Å²) in [5.41, 5.74) is -0.286. The lowest BCUT2D eigenvalue weighted by atomic mass is 9.66. The zero-order chi connectivity index (χ0) is 9.69. The van der Waals surface area contributed by atoms with Crippen LogP contribution >= 0.6 is 0 Å². The number of carbonyl (C=O) groups is 1. The molecule has 0 aromatic heterocycles. The summed E-state index contributed by atoms with van der Waals surface area (Å²) in [6.45, 7) is 4.36. The van der Waals surface area contributed by atoms with Gasteiger partial charge in [0.1, 0.15) is 5.78 Å². The van der Waals surface area contributed by atoms with E-state index in [1.165, 1.54) is 0 Å². The minimum absolute atomic E-state index is 0.112. The quantitative estimate of drug-likeness (QED) is 0.706. The molecule has 2 rings (SSSR count). The molecule has 2 fully saturated rings. The molecule has 2 aliphatic carbocycles. The third-order valence-electron chi connectivity index (χ3n) is 4.81. The summed E-state index contributed by atoms with van der Waals surface area (Å²) in [6.07, 6.45) is 3.75. The molecule has 0 heterocycles. The summed E-state index contributed by atoms with van der Waals surface area (Å²) in [6, 6.07) is 0. The van der Waals surface area contributed by atoms with Gasteiger partial charge in [0.15, 0.2) is 0 Å². The highest BCUT2D eigenvalue weighted by molar-refractivity contribution is 5.89. The van der Waals surface area contributed by atoms with Crippen molar-refractivity contribution in [3.63, 3.8) is 0 Å². The molecule has 2 heteroatoms. The van der Waals surface area contributed by atoms with Crippen molar-refractivity contribution in [1.29, 1.82) is 0 Å². The summed E-state index contributed by atoms with van der Waals surface area (Å²) in [5, 5.41) is 9.47. The molecule has 2 nitrogen and oxygen atoms in total. The van der Waals surface area contributed by atoms with Crippen molar-refractivity contribution >= 4 is 5.78 Å². The molecule has 0 amide bonds. The minimum Gasteiger partial charge on any atom is -0.396 e. The van der Waals surface area contributed by atoms with Crippen LogP contribution < -0.4 is 0 Å². The molecule has 2 bridgehead atoms. The van der Waals surface area contributed by atoms with E-state index in [2.05, 4.69) is 13.8 Å². The van der Waals surface area contributed by atoms with Crippen LogP contribution in [0.5, 0.6) is 0 Å². The van der Waals surface area contributed by atoms with Gasteiger partial charge in [-0.3, -0.25) is 4.79 Å². The molecule has 0 saturated heterocycles. The zero-order valence-corrected chi connectivity index (χ0v) is 8.47. The highest BCUT2D eigenvalue weighted by atomic mass is 16.3. The molecule has 74 valence electrons. The number of rotatable bonds is 2. The van der Waals surface area contributed by atoms with Crippen molar-refractivity contribution < 1.29 is 9.90 Å². The van der Waals surface area contributed by atoms with Gasteiger partial charge in [-0.25, -0.2) is 0 Å². The average Bonchev–Trinajstić information content (AvgIpc) is 2.53. The number of hydrogen-bond donors (Lipinski definition) is 1. The lowest BCUT2D eigenvalue weighted by molar-refractivity contribution is -0.131. The molecule has 0 aromatic carbocycles. The van der Waals surface area contributed by atoms with Crippen LogP contribution in [0, 0.1) is 16.7 Å². The first-order valence-electron chi connectivity index (χ1n) is 5.25. The van der Waals surface area contributed by atoms with Gasteiger partial charge >= 0.3 is 0 Å². The first-order chi connectivity index (χ1) is 6.10. The van der Waals surface area contributed by atoms with Crippen molar-refractivity contribution in [3.05, 3.63) is 0 Å². The highest BCUT2D eigenvalue weighted by Gasteiger charge is 2.64. The second-order valence-electron chi connectivity index (χ2n) is 4.87. The average molecular weight is 182 g/mol. The zero-order valence-electron chi connectivity index (χ0n) is 8.47. The van der Waals surface area contributed by atoms with Gasteiger partial charge in [-0.2, -0.15) is 0 Å². The predicted molar refractivity (Wildman–Crippen MR) is 50.3 cm³/mol. The second kappa shape index (κ2) is 2.57. The topological polar surface area (TPSA) is 37.3 Å². The Kier molecular flexibility index (Phi) is 1.82. The Morgan fingerprint density at radius 1 is 1.62 bits per heavy atom. The number of hydrogen-bond acceptors (Lipinski definition) is 2. The fraction of sp³-hybridized carbons (Fsp3) is 0.909. The molecule has 0 aliphatic heterocycles. The molecule has 0 radical (unpaired) electrons. The van der Waals surface area contributed by atoms with Crippen molar-refractivity contribution in [2.24, 2.45) is 16.7 Å². The molecule has 3 unspecified atom stereocenters. The van der Waals surface area contributed by atoms with E-state index in [4.69, 9.17) is 0 Å². The van der Waals surface area contributed by atoms with Crippen LogP contribution in [0.3, 0.4) is 0 Å². The fourth-order valence-electron chi connectivity index (χ4n) is 3.68. The second-order valence-corrected chi connectivity index (χ2v) is 4.87. The first-order valence-corrected chi connectivity index (χ1v) is 5.25. The number of carbonyl (C=O) groups excluding carboxylic acids is 1. The normalized spacial score (nSPS) is 48.8. The van der Waals surface area contributed by atoms with Crippen LogP contribution in [0.2, 0.25) is 0 Å². The summed E-state index contributed by atoms with van der Waals surface area (Å²) in [4.78, 5) is 11.9. The summed E-state index contributed by atoms with van der Waals surface area (Å²) in [7, 11) is 0. The largest absolute Gasteiger partial charge is 0.396 e. The van der Waals surface area contributed by atoms with Crippen LogP contribution in [0.25, 0.3) is 0 Å². The van der Waals surface area contributed by atoms with Gasteiger partial charge < -0.3 is 5.11 Å². The molecular weight excluding hydrogens is 164 g/mol. The maximum Gasteiger partial charge on any atom is 0.139 e. The van der Waals surface area contributed by atoms with E-state index in [0.29, 0.717) is 18.1 Å². The number of aliphatic hydroxyl groups is 1. The smallest absolute Gasteiger partial charge is 0.139 e. The first kappa shape index (κ1) is 9.20. The van der Waals surface area contributed by atoms with Crippen LogP contribution in [0.1, 0.15) is 39.5 Å². The minimum atomic E-state index is -0.174. The Labute approximate surface area is 79.3 Å². The van der Waals surface area contributed by atoms with E-state index in [9.17, 15) is 9.90 Å². The molecule has 3 atom stereocenters. The van der Waals surface area contributed by atoms with E-state index in [1.807, 2.05) is 0 Å². The maximum absolute atomic E-state index is 11.9. The van der Waals surface area contributed by atoms with E-state index in [-0.39, 0.29) is 17.4 Å². The van der Waals surface area contributed by atoms with Crippen molar-refractivity contribution in [2.75, 3.05) is 6.61 Å². The van der Waals surface area contributed by atoms with E-state index >= 15 is 0 Å². The Balaban J connectivity index is 2.45. The van der Waals surface area contributed by atoms with E-state index in [0.717, 1.165) is 19.3 Å². The van der Waals surface area contributed by atoms with Gasteiger partial charge in [0.25, 0.3) is 0 Å². The lowest BCUT2D eigenvalue weighted by Crippen LogP contribution is -2.39. The fourth-order valence-corrected chi connectivity index (χ4v) is 3.68. The van der Waals surface area contributed by atoms with Crippen LogP contribution in [0.4, 0.5) is 0 Å². The summed E-state index contributed by atoms with van der Waals surface area (Å²) >= 11 is 0. The van der Waals surface area contributed by atoms with Crippen molar-refractivity contribution in [3.8, 4) is 0 Å². The number of fused-ring (bicyclic) bond motifs is 2. The number of ketones is 1. The Morgan fingerprint density at radius 2 is 2.31 bits per heavy atom. The number of aliphatic hydroxyl groups excluding tert-OH is 1. The highest BCUT2D eigenvalue weighted by Crippen LogP contribution is 2.65. The monoisotopic (exact) mass is 182 g/mol. The standard InChI is InChI=1S/C11H18O2/c1-3-11-5-4-8(6-9(11)13)10(11,2)7-12/h8,12H,3-7H2,1-2H3. The van der Waals surface area contributed by atoms with Gasteiger partial charge in [-0.1, -0.05) is 13.8 Å². The SMILES string of the molecule is CCC12CCC(CC1=O)C2(C)CO. The van der Waals surface area contributed by atoms with Crippen LogP contribution in [-0.2, 0) is 4.79 Å². The van der Waals surface area contributed by atoms with E-state index < -0.39 is 0 Å². The predicted octanol–water partition coefficient (Wildman–Crippen LogP) is 1.76. The molecular formula is C11H18O2. The molecule has 1 N–H and O–H groups in total. The van der Waals surface area contributed by atoms with E-state index in [1.54, 1.807) is 0 Å². The van der Waals surface area contributed by atoms with Gasteiger partial charge in [0.05, 0.1) is 0 Å². The molecule has 0 aromatic rings. The maximum atomic E-state index is 11.9. The van der Waals surface area contributed by atoms with Crippen LogP contribution in [-0.4, -0.2) is 17.5 Å². The number of Topliss-reactive ketones (excluding diaryl/α,β-unsaturated/α-hetero) is 1. The van der Waals surface area contributed by atoms with Gasteiger partial charge in [-0.15, -0.1) is 0 Å². The summed E-state index contributed by atoms with van der Waals surface area (Å²) in [5.74, 6) is 0.854. The molecule has 0 spiro atoms. The molecule has 2 aliphatic rings. The van der Waals surface area contributed by atoms with Gasteiger partial charge in [0.2, 0.25) is 0 Å². The third kappa shape index (κ3) is 0.804. The lowest BCUT2D eigenvalue weighted by Gasteiger charge is -2.37. The molecule has 13 heavy (non-hydrogen) atoms. The van der Waals surface area contributed by atoms with Crippen molar-refractivity contribution in [2.45, 2.75) is 39.5 Å². The van der Waals surface area contributed by atoms with Gasteiger partial charge in [-0.05, 0) is 25.2 Å². The van der Waals surface area contributed by atoms with Crippen LogP contribution in [0.15, 0.2) is 0 Å². The van der Waals surface area contributed by atoms with Crippen molar-refractivity contribution in [1.82, 2.24) is 0 Å². The van der Waals surface area contributed by atoms with Gasteiger partial charge in [0, 0.05) is 23.9 Å².